The Bertz CT molecular complexity index is 686. The highest BCUT2D eigenvalue weighted by molar-refractivity contribution is 7.12. The summed E-state index contributed by atoms with van der Waals surface area (Å²) in [7, 11) is 0. The van der Waals surface area contributed by atoms with Crippen LogP contribution < -0.4 is 11.5 Å². The summed E-state index contributed by atoms with van der Waals surface area (Å²) >= 11 is 1.45. The van der Waals surface area contributed by atoms with Gasteiger partial charge in [-0.05, 0) is 24.3 Å². The Morgan fingerprint density at radius 2 is 2.05 bits per heavy atom. The summed E-state index contributed by atoms with van der Waals surface area (Å²) in [6.45, 7) is 1.32. The van der Waals surface area contributed by atoms with Crippen molar-refractivity contribution in [2.75, 3.05) is 18.8 Å². The number of likely N-dealkylation sites (tertiary alicyclic amines) is 1. The van der Waals surface area contributed by atoms with Gasteiger partial charge in [0.2, 0.25) is 0 Å². The molecule has 0 spiro atoms. The van der Waals surface area contributed by atoms with E-state index in [4.69, 9.17) is 11.5 Å². The summed E-state index contributed by atoms with van der Waals surface area (Å²) in [5.74, 6) is -0.248. The summed E-state index contributed by atoms with van der Waals surface area (Å²) in [5, 5.41) is 1.90. The van der Waals surface area contributed by atoms with Gasteiger partial charge >= 0.3 is 0 Å². The minimum Gasteiger partial charge on any atom is -0.383 e. The predicted octanol–water partition coefficient (Wildman–Crippen LogP) is 1.10. The predicted molar refractivity (Wildman–Crippen MR) is 83.7 cm³/mol. The van der Waals surface area contributed by atoms with Crippen molar-refractivity contribution < 1.29 is 9.59 Å². The van der Waals surface area contributed by atoms with E-state index in [9.17, 15) is 9.59 Å². The first kappa shape index (κ1) is 14.6. The van der Waals surface area contributed by atoms with Crippen molar-refractivity contribution >= 4 is 29.0 Å². The quantitative estimate of drug-likeness (QED) is 0.883. The van der Waals surface area contributed by atoms with Crippen LogP contribution in [0.4, 0.5) is 5.82 Å². The van der Waals surface area contributed by atoms with Crippen LogP contribution in [0.1, 0.15) is 39.0 Å². The van der Waals surface area contributed by atoms with Crippen LogP contribution in [-0.2, 0) is 0 Å². The van der Waals surface area contributed by atoms with Gasteiger partial charge in [0.05, 0.1) is 11.2 Å². The average Bonchev–Trinajstić information content (AvgIpc) is 3.16. The van der Waals surface area contributed by atoms with Gasteiger partial charge in [0.1, 0.15) is 5.82 Å². The van der Waals surface area contributed by atoms with E-state index in [1.807, 2.05) is 22.4 Å². The number of piperidine rings is 1. The molecule has 0 saturated carbocycles. The molecule has 0 aliphatic carbocycles. The molecule has 7 nitrogen and oxygen atoms in total. The topological polar surface area (TPSA) is 107 Å². The Balaban J connectivity index is 1.67. The maximum Gasteiger partial charge on any atom is 0.271 e. The number of nitrogen functional groups attached to an aromatic ring is 1. The Labute approximate surface area is 131 Å². The van der Waals surface area contributed by atoms with Gasteiger partial charge in [0, 0.05) is 19.1 Å². The van der Waals surface area contributed by atoms with Crippen molar-refractivity contribution in [3.8, 4) is 0 Å². The third-order valence-corrected chi connectivity index (χ3v) is 4.80. The van der Waals surface area contributed by atoms with E-state index in [0.717, 1.165) is 17.7 Å². The number of carbonyl (C=O) groups excluding carboxylic acids is 2. The van der Waals surface area contributed by atoms with Crippen LogP contribution >= 0.6 is 11.3 Å². The van der Waals surface area contributed by atoms with Crippen LogP contribution in [0.5, 0.6) is 0 Å². The van der Waals surface area contributed by atoms with E-state index in [-0.39, 0.29) is 17.6 Å². The summed E-state index contributed by atoms with van der Waals surface area (Å²) in [4.78, 5) is 30.1. The lowest BCUT2D eigenvalue weighted by Gasteiger charge is -2.32. The molecule has 1 fully saturated rings. The summed E-state index contributed by atoms with van der Waals surface area (Å²) < 4.78 is 1.78. The third kappa shape index (κ3) is 2.57. The van der Waals surface area contributed by atoms with E-state index >= 15 is 0 Å². The lowest BCUT2D eigenvalue weighted by molar-refractivity contribution is 0.0700. The van der Waals surface area contributed by atoms with Gasteiger partial charge in [0.25, 0.3) is 11.8 Å². The van der Waals surface area contributed by atoms with Crippen LogP contribution in [0.15, 0.2) is 23.8 Å². The number of nitrogens with zero attached hydrogens (tertiary/aromatic N) is 3. The van der Waals surface area contributed by atoms with Gasteiger partial charge in [0.15, 0.2) is 5.69 Å². The molecule has 0 atom stereocenters. The van der Waals surface area contributed by atoms with Crippen molar-refractivity contribution in [2.24, 2.45) is 5.73 Å². The molecule has 0 aromatic carbocycles. The van der Waals surface area contributed by atoms with E-state index in [1.54, 1.807) is 10.9 Å². The average molecular weight is 319 g/mol. The zero-order valence-electron chi connectivity index (χ0n) is 11.9. The minimum absolute atomic E-state index is 0.0740. The third-order valence-electron chi connectivity index (χ3n) is 3.94. The number of thiophene rings is 1. The molecule has 3 heterocycles. The molecule has 4 N–H and O–H groups in total. The maximum atomic E-state index is 12.3. The molecule has 1 aliphatic heterocycles. The Hall–Kier alpha value is -2.35. The van der Waals surface area contributed by atoms with Gasteiger partial charge < -0.3 is 20.9 Å². The molecule has 0 bridgehead atoms. The zero-order valence-corrected chi connectivity index (χ0v) is 12.8. The molecule has 1 aliphatic rings. The zero-order chi connectivity index (χ0) is 15.7. The molecular formula is C14H17N5O2S. The molecule has 3 rings (SSSR count). The highest BCUT2D eigenvalue weighted by Crippen LogP contribution is 2.27. The van der Waals surface area contributed by atoms with E-state index < -0.39 is 5.91 Å². The maximum absolute atomic E-state index is 12.3. The second kappa shape index (κ2) is 5.80. The highest BCUT2D eigenvalue weighted by atomic mass is 32.1. The van der Waals surface area contributed by atoms with Gasteiger partial charge in [-0.15, -0.1) is 11.3 Å². The smallest absolute Gasteiger partial charge is 0.271 e. The number of hydrogen-bond donors (Lipinski definition) is 2. The summed E-state index contributed by atoms with van der Waals surface area (Å²) in [5.41, 5.74) is 11.3. The first-order valence-corrected chi connectivity index (χ1v) is 7.90. The fourth-order valence-electron chi connectivity index (χ4n) is 2.75. The molecule has 8 heteroatoms. The molecule has 0 unspecified atom stereocenters. The van der Waals surface area contributed by atoms with Crippen molar-refractivity contribution in [3.05, 3.63) is 34.4 Å². The van der Waals surface area contributed by atoms with Crippen LogP contribution in [0.25, 0.3) is 0 Å². The van der Waals surface area contributed by atoms with Crippen molar-refractivity contribution in [1.82, 2.24) is 14.5 Å². The Morgan fingerprint density at radius 1 is 1.32 bits per heavy atom. The number of nitrogens with two attached hydrogens (primary N) is 2. The molecule has 1 saturated heterocycles. The molecule has 2 aromatic rings. The second-order valence-corrected chi connectivity index (χ2v) is 6.20. The van der Waals surface area contributed by atoms with E-state index in [0.29, 0.717) is 18.9 Å². The SMILES string of the molecule is NC(=O)c1ncn(C2CCN(C(=O)c3cccs3)CC2)c1N. The van der Waals surface area contributed by atoms with Gasteiger partial charge in [-0.25, -0.2) is 4.98 Å². The molecule has 0 radical (unpaired) electrons. The lowest BCUT2D eigenvalue weighted by atomic mass is 10.0. The summed E-state index contributed by atoms with van der Waals surface area (Å²) in [6.07, 6.45) is 3.10. The van der Waals surface area contributed by atoms with E-state index in [2.05, 4.69) is 4.98 Å². The first-order valence-electron chi connectivity index (χ1n) is 7.03. The summed E-state index contributed by atoms with van der Waals surface area (Å²) in [6, 6.07) is 3.85. The molecule has 22 heavy (non-hydrogen) atoms. The number of hydrogen-bond acceptors (Lipinski definition) is 5. The molecule has 2 amide bonds. The standard InChI is InChI=1S/C14H17N5O2S/c15-12-11(13(16)20)17-8-19(12)9-3-5-18(6-4-9)14(21)10-2-1-7-22-10/h1-2,7-9H,3-6,15H2,(H2,16,20). The number of aromatic nitrogens is 2. The normalized spacial score (nSPS) is 15.9. The van der Waals surface area contributed by atoms with Gasteiger partial charge in [-0.3, -0.25) is 9.59 Å². The van der Waals surface area contributed by atoms with E-state index in [1.165, 1.54) is 11.3 Å². The number of imidazole rings is 1. The van der Waals surface area contributed by atoms with Crippen molar-refractivity contribution in [1.29, 1.82) is 0 Å². The number of amides is 2. The van der Waals surface area contributed by atoms with Crippen LogP contribution in [0.3, 0.4) is 0 Å². The monoisotopic (exact) mass is 319 g/mol. The minimum atomic E-state index is -0.624. The largest absolute Gasteiger partial charge is 0.383 e. The lowest BCUT2D eigenvalue weighted by Crippen LogP contribution is -2.38. The van der Waals surface area contributed by atoms with Crippen molar-refractivity contribution in [2.45, 2.75) is 18.9 Å². The highest BCUT2D eigenvalue weighted by Gasteiger charge is 2.27. The first-order chi connectivity index (χ1) is 10.6. The van der Waals surface area contributed by atoms with Crippen LogP contribution in [0.2, 0.25) is 0 Å². The molecule has 2 aromatic heterocycles. The molecular weight excluding hydrogens is 302 g/mol. The fourth-order valence-corrected chi connectivity index (χ4v) is 3.45. The fraction of sp³-hybridized carbons (Fsp3) is 0.357. The number of primary amides is 1. The van der Waals surface area contributed by atoms with Crippen molar-refractivity contribution in [3.63, 3.8) is 0 Å². The number of rotatable bonds is 3. The number of carbonyl (C=O) groups is 2. The Morgan fingerprint density at radius 3 is 2.59 bits per heavy atom. The number of anilines is 1. The second-order valence-electron chi connectivity index (χ2n) is 5.25. The van der Waals surface area contributed by atoms with Gasteiger partial charge in [-0.2, -0.15) is 0 Å². The van der Waals surface area contributed by atoms with Gasteiger partial charge in [-0.1, -0.05) is 6.07 Å². The Kier molecular flexibility index (Phi) is 3.84. The van der Waals surface area contributed by atoms with Crippen LogP contribution in [0, 0.1) is 0 Å². The van der Waals surface area contributed by atoms with Crippen LogP contribution in [-0.4, -0.2) is 39.4 Å². The molecule has 116 valence electrons.